The monoisotopic (exact) mass is 360 g/mol. The van der Waals surface area contributed by atoms with Crippen molar-refractivity contribution in [2.24, 2.45) is 0 Å². The second-order valence-corrected chi connectivity index (χ2v) is 6.59. The van der Waals surface area contributed by atoms with Gasteiger partial charge in [-0.1, -0.05) is 23.7 Å². The molecule has 0 unspecified atom stereocenters. The Labute approximate surface area is 154 Å². The number of nitrogens with one attached hydrogen (secondary N) is 2. The molecule has 1 aromatic carbocycles. The van der Waals surface area contributed by atoms with Gasteiger partial charge in [-0.15, -0.1) is 0 Å². The van der Waals surface area contributed by atoms with Gasteiger partial charge in [0, 0.05) is 24.3 Å². The highest BCUT2D eigenvalue weighted by Crippen LogP contribution is 2.11. The molecule has 5 nitrogen and oxygen atoms in total. The number of halogens is 1. The fraction of sp³-hybridized carbons (Fsp3) is 0.368. The molecule has 2 N–H and O–H groups in total. The molecule has 25 heavy (non-hydrogen) atoms. The minimum absolute atomic E-state index is 0.117. The summed E-state index contributed by atoms with van der Waals surface area (Å²) in [4.78, 5) is 18.6. The van der Waals surface area contributed by atoms with E-state index in [2.05, 4.69) is 34.6 Å². The van der Waals surface area contributed by atoms with Gasteiger partial charge in [-0.2, -0.15) is 0 Å². The maximum atomic E-state index is 12.1. The smallest absolute Gasteiger partial charge is 0.252 e. The number of hydrogen-bond acceptors (Lipinski definition) is 4. The maximum absolute atomic E-state index is 12.1. The number of amides is 1. The standard InChI is InChI=1S/C19H25ClN4O/c1-24(2)12-4-10-21-18-8-7-16(14-23-18)19(25)22-11-9-15-5-3-6-17(20)13-15/h3,5-8,13-14H,4,9-12H2,1-2H3,(H,21,23)(H,22,25). The van der Waals surface area contributed by atoms with Gasteiger partial charge in [0.25, 0.3) is 5.91 Å². The molecule has 0 aliphatic carbocycles. The molecule has 0 saturated carbocycles. The topological polar surface area (TPSA) is 57.3 Å². The summed E-state index contributed by atoms with van der Waals surface area (Å²) in [5.41, 5.74) is 1.66. The minimum atomic E-state index is -0.117. The molecule has 0 aliphatic heterocycles. The molecule has 0 bridgehead atoms. The number of carbonyl (C=O) groups excluding carboxylic acids is 1. The molecular weight excluding hydrogens is 336 g/mol. The van der Waals surface area contributed by atoms with Gasteiger partial charge in [-0.3, -0.25) is 4.79 Å². The molecule has 2 rings (SSSR count). The second kappa shape index (κ2) is 10.0. The van der Waals surface area contributed by atoms with E-state index < -0.39 is 0 Å². The van der Waals surface area contributed by atoms with Gasteiger partial charge in [0.05, 0.1) is 5.56 Å². The highest BCUT2D eigenvalue weighted by atomic mass is 35.5. The van der Waals surface area contributed by atoms with E-state index >= 15 is 0 Å². The van der Waals surface area contributed by atoms with Crippen LogP contribution in [0.2, 0.25) is 5.02 Å². The van der Waals surface area contributed by atoms with Crippen molar-refractivity contribution < 1.29 is 4.79 Å². The molecule has 0 fully saturated rings. The van der Waals surface area contributed by atoms with Crippen LogP contribution >= 0.6 is 11.6 Å². The first-order valence-electron chi connectivity index (χ1n) is 8.42. The number of rotatable bonds is 9. The van der Waals surface area contributed by atoms with Crippen LogP contribution in [0.15, 0.2) is 42.6 Å². The molecule has 134 valence electrons. The SMILES string of the molecule is CN(C)CCCNc1ccc(C(=O)NCCc2cccc(Cl)c2)cn1. The Kier molecular flexibility index (Phi) is 7.70. The Bertz CT molecular complexity index is 673. The first kappa shape index (κ1) is 19.2. The fourth-order valence-corrected chi connectivity index (χ4v) is 2.57. The van der Waals surface area contributed by atoms with Crippen molar-refractivity contribution in [3.63, 3.8) is 0 Å². The van der Waals surface area contributed by atoms with Gasteiger partial charge in [0.2, 0.25) is 0 Å². The number of nitrogens with zero attached hydrogens (tertiary/aromatic N) is 2. The van der Waals surface area contributed by atoms with Crippen molar-refractivity contribution >= 4 is 23.3 Å². The first-order valence-corrected chi connectivity index (χ1v) is 8.79. The Balaban J connectivity index is 1.74. The van der Waals surface area contributed by atoms with Crippen LogP contribution < -0.4 is 10.6 Å². The number of hydrogen-bond donors (Lipinski definition) is 2. The molecule has 0 aliphatic rings. The van der Waals surface area contributed by atoms with Crippen LogP contribution in [0.5, 0.6) is 0 Å². The summed E-state index contributed by atoms with van der Waals surface area (Å²) in [6, 6.07) is 11.3. The maximum Gasteiger partial charge on any atom is 0.252 e. The largest absolute Gasteiger partial charge is 0.370 e. The molecule has 0 atom stereocenters. The van der Waals surface area contributed by atoms with Crippen LogP contribution in [-0.4, -0.2) is 49.5 Å². The Morgan fingerprint density at radius 2 is 2.04 bits per heavy atom. The predicted molar refractivity (Wildman–Crippen MR) is 103 cm³/mol. The molecule has 1 amide bonds. The van der Waals surface area contributed by atoms with Gasteiger partial charge in [-0.05, 0) is 63.3 Å². The summed E-state index contributed by atoms with van der Waals surface area (Å²) >= 11 is 5.95. The Morgan fingerprint density at radius 1 is 1.20 bits per heavy atom. The lowest BCUT2D eigenvalue weighted by Gasteiger charge is -2.10. The van der Waals surface area contributed by atoms with E-state index in [1.54, 1.807) is 12.3 Å². The van der Waals surface area contributed by atoms with E-state index in [0.717, 1.165) is 37.3 Å². The summed E-state index contributed by atoms with van der Waals surface area (Å²) in [6.07, 6.45) is 3.38. The van der Waals surface area contributed by atoms with E-state index in [1.807, 2.05) is 30.3 Å². The number of anilines is 1. The lowest BCUT2D eigenvalue weighted by atomic mass is 10.1. The Morgan fingerprint density at radius 3 is 2.72 bits per heavy atom. The highest BCUT2D eigenvalue weighted by Gasteiger charge is 2.06. The molecular formula is C19H25ClN4O. The van der Waals surface area contributed by atoms with Crippen molar-refractivity contribution in [3.8, 4) is 0 Å². The van der Waals surface area contributed by atoms with Gasteiger partial charge in [0.15, 0.2) is 0 Å². The minimum Gasteiger partial charge on any atom is -0.370 e. The highest BCUT2D eigenvalue weighted by molar-refractivity contribution is 6.30. The van der Waals surface area contributed by atoms with E-state index in [1.165, 1.54) is 0 Å². The molecule has 2 aromatic rings. The number of carbonyl (C=O) groups is 1. The number of benzene rings is 1. The number of pyridine rings is 1. The van der Waals surface area contributed by atoms with Crippen molar-refractivity contribution in [2.45, 2.75) is 12.8 Å². The van der Waals surface area contributed by atoms with Crippen LogP contribution in [0.4, 0.5) is 5.82 Å². The third kappa shape index (κ3) is 7.11. The van der Waals surface area contributed by atoms with Gasteiger partial charge in [-0.25, -0.2) is 4.98 Å². The van der Waals surface area contributed by atoms with Crippen molar-refractivity contribution in [3.05, 3.63) is 58.7 Å². The zero-order chi connectivity index (χ0) is 18.1. The van der Waals surface area contributed by atoms with Crippen molar-refractivity contribution in [1.82, 2.24) is 15.2 Å². The van der Waals surface area contributed by atoms with Crippen LogP contribution in [0, 0.1) is 0 Å². The van der Waals surface area contributed by atoms with E-state index in [4.69, 9.17) is 11.6 Å². The average molecular weight is 361 g/mol. The van der Waals surface area contributed by atoms with Gasteiger partial charge in [0.1, 0.15) is 5.82 Å². The van der Waals surface area contributed by atoms with Crippen LogP contribution in [0.25, 0.3) is 0 Å². The lowest BCUT2D eigenvalue weighted by molar-refractivity contribution is 0.0954. The third-order valence-electron chi connectivity index (χ3n) is 3.70. The number of aromatic nitrogens is 1. The predicted octanol–water partition coefficient (Wildman–Crippen LogP) is 3.07. The molecule has 1 heterocycles. The summed E-state index contributed by atoms with van der Waals surface area (Å²) in [5, 5.41) is 6.87. The van der Waals surface area contributed by atoms with Crippen LogP contribution in [0.1, 0.15) is 22.3 Å². The summed E-state index contributed by atoms with van der Waals surface area (Å²) in [5.74, 6) is 0.669. The molecule has 6 heteroatoms. The third-order valence-corrected chi connectivity index (χ3v) is 3.94. The summed E-state index contributed by atoms with van der Waals surface area (Å²) < 4.78 is 0. The normalized spacial score (nSPS) is 10.7. The van der Waals surface area contributed by atoms with Crippen LogP contribution in [-0.2, 0) is 6.42 Å². The lowest BCUT2D eigenvalue weighted by Crippen LogP contribution is -2.25. The fourth-order valence-electron chi connectivity index (χ4n) is 2.36. The quantitative estimate of drug-likeness (QED) is 0.675. The summed E-state index contributed by atoms with van der Waals surface area (Å²) in [7, 11) is 4.11. The van der Waals surface area contributed by atoms with Gasteiger partial charge >= 0.3 is 0 Å². The second-order valence-electron chi connectivity index (χ2n) is 6.15. The van der Waals surface area contributed by atoms with Crippen molar-refractivity contribution in [1.29, 1.82) is 0 Å². The van der Waals surface area contributed by atoms with Gasteiger partial charge < -0.3 is 15.5 Å². The Hall–Kier alpha value is -2.11. The van der Waals surface area contributed by atoms with E-state index in [0.29, 0.717) is 17.1 Å². The van der Waals surface area contributed by atoms with Crippen LogP contribution in [0.3, 0.4) is 0 Å². The zero-order valence-electron chi connectivity index (χ0n) is 14.8. The average Bonchev–Trinajstić information content (AvgIpc) is 2.59. The summed E-state index contributed by atoms with van der Waals surface area (Å²) in [6.45, 7) is 2.44. The van der Waals surface area contributed by atoms with E-state index in [9.17, 15) is 4.79 Å². The molecule has 0 saturated heterocycles. The molecule has 1 aromatic heterocycles. The molecule has 0 radical (unpaired) electrons. The zero-order valence-corrected chi connectivity index (χ0v) is 15.5. The molecule has 0 spiro atoms. The van der Waals surface area contributed by atoms with Crippen molar-refractivity contribution in [2.75, 3.05) is 39.0 Å². The first-order chi connectivity index (χ1) is 12.0. The van der Waals surface area contributed by atoms with E-state index in [-0.39, 0.29) is 5.91 Å².